The summed E-state index contributed by atoms with van der Waals surface area (Å²) >= 11 is 8.81. The maximum atomic E-state index is 5.39. The van der Waals surface area contributed by atoms with Crippen molar-refractivity contribution in [3.05, 3.63) is 58.6 Å². The Morgan fingerprint density at radius 2 is 1.65 bits per heavy atom. The molecule has 118 valence electrons. The molecule has 0 spiro atoms. The van der Waals surface area contributed by atoms with Gasteiger partial charge in [-0.25, -0.2) is 0 Å². The van der Waals surface area contributed by atoms with Crippen LogP contribution in [0.1, 0.15) is 5.56 Å². The summed E-state index contributed by atoms with van der Waals surface area (Å²) < 4.78 is 1.04. The largest absolute Gasteiger partial charge is 0.332 e. The zero-order valence-corrected chi connectivity index (χ0v) is 16.8. The minimum atomic E-state index is -1.41. The molecule has 0 aliphatic carbocycles. The Morgan fingerprint density at radius 1 is 1.00 bits per heavy atom. The van der Waals surface area contributed by atoms with E-state index in [1.807, 2.05) is 48.5 Å². The van der Waals surface area contributed by atoms with Crippen molar-refractivity contribution in [1.82, 2.24) is 0 Å². The predicted molar refractivity (Wildman–Crippen MR) is 111 cm³/mol. The molecule has 0 bridgehead atoms. The van der Waals surface area contributed by atoms with E-state index in [1.165, 1.54) is 0 Å². The third-order valence-electron chi connectivity index (χ3n) is 2.85. The van der Waals surface area contributed by atoms with Gasteiger partial charge in [0.2, 0.25) is 0 Å². The topological polar surface area (TPSA) is 24.1 Å². The van der Waals surface area contributed by atoms with Crippen LogP contribution in [0.25, 0.3) is 0 Å². The zero-order chi connectivity index (χ0) is 16.9. The van der Waals surface area contributed by atoms with E-state index in [9.17, 15) is 0 Å². The molecule has 0 aliphatic rings. The van der Waals surface area contributed by atoms with E-state index in [0.29, 0.717) is 5.11 Å². The molecule has 2 N–H and O–H groups in total. The monoisotopic (exact) mass is 402 g/mol. The number of thiocarbonyl (C=S) groups is 1. The average molecular weight is 403 g/mol. The van der Waals surface area contributed by atoms with Crippen LogP contribution < -0.4 is 10.6 Å². The van der Waals surface area contributed by atoms with Crippen molar-refractivity contribution < 1.29 is 0 Å². The minimum absolute atomic E-state index is 0.551. The normalized spacial score (nSPS) is 10.4. The quantitative estimate of drug-likeness (QED) is 0.394. The maximum absolute atomic E-state index is 5.39. The Morgan fingerprint density at radius 3 is 2.30 bits per heavy atom. The smallest absolute Gasteiger partial charge is 0.175 e. The van der Waals surface area contributed by atoms with Crippen LogP contribution >= 0.6 is 28.1 Å². The van der Waals surface area contributed by atoms with E-state index < -0.39 is 8.07 Å². The summed E-state index contributed by atoms with van der Waals surface area (Å²) in [6.07, 6.45) is 0. The summed E-state index contributed by atoms with van der Waals surface area (Å²) in [4.78, 5) is 0. The number of rotatable bonds is 2. The van der Waals surface area contributed by atoms with Gasteiger partial charge in [0.05, 0.1) is 5.69 Å². The van der Waals surface area contributed by atoms with Gasteiger partial charge in [-0.3, -0.25) is 0 Å². The highest BCUT2D eigenvalue weighted by Crippen LogP contribution is 2.17. The standard InChI is InChI=1S/C18H19BrN2SSi/c1-23(2,3)13-12-14-6-4-5-7-17(14)21-18(22)20-16-10-8-15(19)9-11-16/h4-11H,1-3H3,(H2,20,21,22). The van der Waals surface area contributed by atoms with Crippen molar-refractivity contribution in [3.63, 3.8) is 0 Å². The lowest BCUT2D eigenvalue weighted by Crippen LogP contribution is -2.20. The second kappa shape index (κ2) is 7.78. The third-order valence-corrected chi connectivity index (χ3v) is 4.46. The lowest BCUT2D eigenvalue weighted by molar-refractivity contribution is 1.56. The first-order valence-corrected chi connectivity index (χ1v) is 12.0. The van der Waals surface area contributed by atoms with E-state index in [0.717, 1.165) is 21.4 Å². The number of hydrogen-bond acceptors (Lipinski definition) is 1. The molecule has 0 unspecified atom stereocenters. The van der Waals surface area contributed by atoms with E-state index in [4.69, 9.17) is 12.2 Å². The highest BCUT2D eigenvalue weighted by molar-refractivity contribution is 9.10. The van der Waals surface area contributed by atoms with E-state index in [-0.39, 0.29) is 0 Å². The predicted octanol–water partition coefficient (Wildman–Crippen LogP) is 5.49. The van der Waals surface area contributed by atoms with Gasteiger partial charge in [0.1, 0.15) is 8.07 Å². The van der Waals surface area contributed by atoms with Gasteiger partial charge in [-0.15, -0.1) is 5.54 Å². The molecule has 23 heavy (non-hydrogen) atoms. The van der Waals surface area contributed by atoms with Gasteiger partial charge in [0.25, 0.3) is 0 Å². The first-order chi connectivity index (χ1) is 10.8. The van der Waals surface area contributed by atoms with Crippen LogP contribution in [-0.4, -0.2) is 13.2 Å². The van der Waals surface area contributed by atoms with E-state index >= 15 is 0 Å². The number of hydrogen-bond donors (Lipinski definition) is 2. The molecule has 2 nitrogen and oxygen atoms in total. The van der Waals surface area contributed by atoms with Gasteiger partial charge < -0.3 is 10.6 Å². The summed E-state index contributed by atoms with van der Waals surface area (Å²) in [5.74, 6) is 3.29. The SMILES string of the molecule is C[Si](C)(C)C#Cc1ccccc1NC(=S)Nc1ccc(Br)cc1. The second-order valence-electron chi connectivity index (χ2n) is 6.13. The fraction of sp³-hybridized carbons (Fsp3) is 0.167. The van der Waals surface area contributed by atoms with Crippen LogP contribution in [-0.2, 0) is 0 Å². The van der Waals surface area contributed by atoms with E-state index in [1.54, 1.807) is 0 Å². The molecular formula is C18H19BrN2SSi. The van der Waals surface area contributed by atoms with Crippen LogP contribution in [0.4, 0.5) is 11.4 Å². The maximum Gasteiger partial charge on any atom is 0.175 e. The molecule has 0 aliphatic heterocycles. The number of benzene rings is 2. The van der Waals surface area contributed by atoms with Crippen molar-refractivity contribution in [1.29, 1.82) is 0 Å². The first-order valence-electron chi connectivity index (χ1n) is 7.29. The molecule has 2 rings (SSSR count). The van der Waals surface area contributed by atoms with Crippen LogP contribution in [0.15, 0.2) is 53.0 Å². The molecule has 0 aromatic heterocycles. The van der Waals surface area contributed by atoms with Gasteiger partial charge in [-0.1, -0.05) is 53.6 Å². The molecular weight excluding hydrogens is 384 g/mol. The number of nitrogens with one attached hydrogen (secondary N) is 2. The Hall–Kier alpha value is -1.61. The summed E-state index contributed by atoms with van der Waals surface area (Å²) in [6, 6.07) is 15.8. The van der Waals surface area contributed by atoms with Crippen molar-refractivity contribution in [2.24, 2.45) is 0 Å². The van der Waals surface area contributed by atoms with Gasteiger partial charge >= 0.3 is 0 Å². The Bertz CT molecular complexity index is 755. The first kappa shape index (κ1) is 17.7. The van der Waals surface area contributed by atoms with Crippen molar-refractivity contribution in [2.45, 2.75) is 19.6 Å². The minimum Gasteiger partial charge on any atom is -0.332 e. The van der Waals surface area contributed by atoms with Crippen molar-refractivity contribution in [3.8, 4) is 11.5 Å². The van der Waals surface area contributed by atoms with Crippen LogP contribution in [0.3, 0.4) is 0 Å². The molecule has 0 fully saturated rings. The molecule has 0 saturated carbocycles. The van der Waals surface area contributed by atoms with E-state index in [2.05, 4.69) is 57.7 Å². The van der Waals surface area contributed by atoms with Crippen LogP contribution in [0.5, 0.6) is 0 Å². The summed E-state index contributed by atoms with van der Waals surface area (Å²) in [6.45, 7) is 6.70. The Kier molecular flexibility index (Phi) is 6.00. The fourth-order valence-electron chi connectivity index (χ4n) is 1.77. The average Bonchev–Trinajstić information content (AvgIpc) is 2.48. The fourth-order valence-corrected chi connectivity index (χ4v) is 2.78. The van der Waals surface area contributed by atoms with Gasteiger partial charge in [-0.05, 0) is 48.6 Å². The third kappa shape index (κ3) is 6.18. The lowest BCUT2D eigenvalue weighted by Gasteiger charge is -2.12. The molecule has 0 heterocycles. The van der Waals surface area contributed by atoms with Crippen LogP contribution in [0, 0.1) is 11.5 Å². The Balaban J connectivity index is 2.11. The molecule has 0 radical (unpaired) electrons. The highest BCUT2D eigenvalue weighted by atomic mass is 79.9. The summed E-state index contributed by atoms with van der Waals surface area (Å²) in [7, 11) is -1.41. The van der Waals surface area contributed by atoms with Gasteiger partial charge in [-0.2, -0.15) is 0 Å². The second-order valence-corrected chi connectivity index (χ2v) is 12.2. The molecule has 5 heteroatoms. The highest BCUT2D eigenvalue weighted by Gasteiger charge is 2.08. The molecule has 0 saturated heterocycles. The number of anilines is 2. The van der Waals surface area contributed by atoms with Crippen LogP contribution in [0.2, 0.25) is 19.6 Å². The van der Waals surface area contributed by atoms with Crippen molar-refractivity contribution >= 4 is 52.7 Å². The number of halogens is 1. The molecule has 0 atom stereocenters. The Labute approximate surface area is 152 Å². The van der Waals surface area contributed by atoms with Gasteiger partial charge in [0, 0.05) is 15.7 Å². The molecule has 2 aromatic rings. The zero-order valence-electron chi connectivity index (χ0n) is 13.4. The molecule has 2 aromatic carbocycles. The molecule has 0 amide bonds. The van der Waals surface area contributed by atoms with Crippen molar-refractivity contribution in [2.75, 3.05) is 10.6 Å². The van der Waals surface area contributed by atoms with Gasteiger partial charge in [0.15, 0.2) is 5.11 Å². The summed E-state index contributed by atoms with van der Waals surface area (Å²) in [5, 5.41) is 6.96. The lowest BCUT2D eigenvalue weighted by atomic mass is 10.2. The summed E-state index contributed by atoms with van der Waals surface area (Å²) in [5.41, 5.74) is 6.22. The number of para-hydroxylation sites is 1.